The summed E-state index contributed by atoms with van der Waals surface area (Å²) in [5.74, 6) is 0.0955. The highest BCUT2D eigenvalue weighted by atomic mass is 79.9. The molecule has 0 aliphatic heterocycles. The van der Waals surface area contributed by atoms with E-state index < -0.39 is 4.92 Å². The Bertz CT molecular complexity index is 1520. The van der Waals surface area contributed by atoms with E-state index in [1.807, 2.05) is 6.92 Å². The van der Waals surface area contributed by atoms with E-state index >= 15 is 0 Å². The van der Waals surface area contributed by atoms with E-state index in [1.165, 1.54) is 41.2 Å². The van der Waals surface area contributed by atoms with Gasteiger partial charge in [-0.25, -0.2) is 9.37 Å². The standard InChI is InChI=1S/C24H17Br2FN4O4/c1-2-22-29-20-8-5-16(25)11-18(20)24(32)30(22)28-12-15-9-19(26)23(21(10-15)31(33)34)35-13-14-3-6-17(27)7-4-14/h3-12H,2,13H2,1H3. The van der Waals surface area contributed by atoms with Gasteiger partial charge in [-0.15, -0.1) is 0 Å². The highest BCUT2D eigenvalue weighted by Crippen LogP contribution is 2.36. The van der Waals surface area contributed by atoms with Gasteiger partial charge in [0.05, 0.1) is 26.5 Å². The molecular formula is C24H17Br2FN4O4. The third-order valence-corrected chi connectivity index (χ3v) is 6.14. The predicted octanol–water partition coefficient (Wildman–Crippen LogP) is 5.99. The van der Waals surface area contributed by atoms with Gasteiger partial charge >= 0.3 is 5.69 Å². The van der Waals surface area contributed by atoms with Gasteiger partial charge in [0.15, 0.2) is 0 Å². The molecule has 178 valence electrons. The minimum absolute atomic E-state index is 0.0146. The molecule has 0 aliphatic rings. The molecule has 0 N–H and O–H groups in total. The molecule has 0 atom stereocenters. The predicted molar refractivity (Wildman–Crippen MR) is 138 cm³/mol. The van der Waals surface area contributed by atoms with Crippen LogP contribution in [-0.4, -0.2) is 20.8 Å². The Morgan fingerprint density at radius 1 is 1.17 bits per heavy atom. The molecule has 0 aliphatic carbocycles. The van der Waals surface area contributed by atoms with Crippen molar-refractivity contribution in [3.63, 3.8) is 0 Å². The normalized spacial score (nSPS) is 11.3. The van der Waals surface area contributed by atoms with Gasteiger partial charge < -0.3 is 4.74 Å². The molecule has 4 aromatic rings. The summed E-state index contributed by atoms with van der Waals surface area (Å²) >= 11 is 6.68. The molecule has 4 rings (SSSR count). The summed E-state index contributed by atoms with van der Waals surface area (Å²) < 4.78 is 21.0. The average Bonchev–Trinajstić information content (AvgIpc) is 2.83. The number of ether oxygens (including phenoxy) is 1. The zero-order chi connectivity index (χ0) is 25.1. The van der Waals surface area contributed by atoms with Crippen molar-refractivity contribution in [3.05, 3.63) is 107 Å². The van der Waals surface area contributed by atoms with E-state index in [-0.39, 0.29) is 29.4 Å². The largest absolute Gasteiger partial charge is 0.481 e. The van der Waals surface area contributed by atoms with E-state index in [2.05, 4.69) is 41.9 Å². The van der Waals surface area contributed by atoms with Gasteiger partial charge in [-0.05, 0) is 57.9 Å². The SMILES string of the molecule is CCc1nc2ccc(Br)cc2c(=O)n1N=Cc1cc(Br)c(OCc2ccc(F)cc2)c([N+](=O)[O-])c1. The van der Waals surface area contributed by atoms with Crippen LogP contribution < -0.4 is 10.3 Å². The highest BCUT2D eigenvalue weighted by Gasteiger charge is 2.20. The Kier molecular flexibility index (Phi) is 7.37. The van der Waals surface area contributed by atoms with Gasteiger partial charge in [0.1, 0.15) is 18.2 Å². The number of hydrogen-bond acceptors (Lipinski definition) is 6. The number of nitrogens with zero attached hydrogens (tertiary/aromatic N) is 4. The second-order valence-corrected chi connectivity index (χ2v) is 9.20. The van der Waals surface area contributed by atoms with Crippen molar-refractivity contribution in [2.75, 3.05) is 0 Å². The first-order chi connectivity index (χ1) is 16.8. The first-order valence-electron chi connectivity index (χ1n) is 10.4. The summed E-state index contributed by atoms with van der Waals surface area (Å²) in [6, 6.07) is 13.8. The zero-order valence-electron chi connectivity index (χ0n) is 18.2. The van der Waals surface area contributed by atoms with Crippen molar-refractivity contribution in [1.82, 2.24) is 9.66 Å². The third kappa shape index (κ3) is 5.46. The molecule has 35 heavy (non-hydrogen) atoms. The summed E-state index contributed by atoms with van der Waals surface area (Å²) in [5.41, 5.74) is 0.951. The van der Waals surface area contributed by atoms with Gasteiger partial charge in [0, 0.05) is 22.5 Å². The second kappa shape index (κ2) is 10.4. The molecule has 0 saturated carbocycles. The van der Waals surface area contributed by atoms with E-state index in [9.17, 15) is 19.3 Å². The fraction of sp³-hybridized carbons (Fsp3) is 0.125. The molecule has 1 heterocycles. The van der Waals surface area contributed by atoms with E-state index in [0.29, 0.717) is 38.7 Å². The number of nitro benzene ring substituents is 1. The summed E-state index contributed by atoms with van der Waals surface area (Å²) in [4.78, 5) is 28.7. The Labute approximate surface area is 215 Å². The number of nitro groups is 1. The second-order valence-electron chi connectivity index (χ2n) is 7.43. The average molecular weight is 604 g/mol. The summed E-state index contributed by atoms with van der Waals surface area (Å²) in [5, 5.41) is 16.4. The maximum absolute atomic E-state index is 13.1. The maximum Gasteiger partial charge on any atom is 0.312 e. The zero-order valence-corrected chi connectivity index (χ0v) is 21.4. The quantitative estimate of drug-likeness (QED) is 0.147. The molecule has 0 fully saturated rings. The lowest BCUT2D eigenvalue weighted by molar-refractivity contribution is -0.386. The summed E-state index contributed by atoms with van der Waals surface area (Å²) in [7, 11) is 0. The summed E-state index contributed by atoms with van der Waals surface area (Å²) in [6.07, 6.45) is 1.81. The van der Waals surface area contributed by atoms with Crippen LogP contribution in [-0.2, 0) is 13.0 Å². The molecule has 3 aromatic carbocycles. The van der Waals surface area contributed by atoms with Gasteiger partial charge in [0.2, 0.25) is 5.75 Å². The number of aryl methyl sites for hydroxylation is 1. The minimum atomic E-state index is -0.569. The first-order valence-corrected chi connectivity index (χ1v) is 12.0. The third-order valence-electron chi connectivity index (χ3n) is 5.05. The maximum atomic E-state index is 13.1. The minimum Gasteiger partial charge on any atom is -0.481 e. The Morgan fingerprint density at radius 2 is 1.91 bits per heavy atom. The Morgan fingerprint density at radius 3 is 2.60 bits per heavy atom. The number of halogens is 3. The Balaban J connectivity index is 1.69. The van der Waals surface area contributed by atoms with Crippen molar-refractivity contribution in [3.8, 4) is 5.75 Å². The molecule has 1 aromatic heterocycles. The number of benzene rings is 3. The van der Waals surface area contributed by atoms with Crippen LogP contribution in [0.4, 0.5) is 10.1 Å². The van der Waals surface area contributed by atoms with Crippen molar-refractivity contribution >= 4 is 54.7 Å². The van der Waals surface area contributed by atoms with Crippen LogP contribution in [0.3, 0.4) is 0 Å². The number of hydrogen-bond donors (Lipinski definition) is 0. The van der Waals surface area contributed by atoms with Gasteiger partial charge in [-0.3, -0.25) is 14.9 Å². The van der Waals surface area contributed by atoms with Crippen LogP contribution in [0.5, 0.6) is 5.75 Å². The molecule has 0 radical (unpaired) electrons. The van der Waals surface area contributed by atoms with Gasteiger partial charge in [-0.2, -0.15) is 9.78 Å². The number of rotatable bonds is 7. The van der Waals surface area contributed by atoms with Crippen molar-refractivity contribution in [2.24, 2.45) is 5.10 Å². The van der Waals surface area contributed by atoms with Crippen LogP contribution in [0.2, 0.25) is 0 Å². The highest BCUT2D eigenvalue weighted by molar-refractivity contribution is 9.10. The first kappa shape index (κ1) is 24.7. The lowest BCUT2D eigenvalue weighted by Gasteiger charge is -2.10. The van der Waals surface area contributed by atoms with E-state index in [1.54, 1.807) is 24.3 Å². The van der Waals surface area contributed by atoms with Crippen LogP contribution in [0, 0.1) is 15.9 Å². The number of aromatic nitrogens is 2. The van der Waals surface area contributed by atoms with Crippen LogP contribution in [0.15, 0.2) is 73.4 Å². The van der Waals surface area contributed by atoms with Crippen LogP contribution in [0.25, 0.3) is 10.9 Å². The smallest absolute Gasteiger partial charge is 0.312 e. The van der Waals surface area contributed by atoms with E-state index in [4.69, 9.17) is 4.74 Å². The van der Waals surface area contributed by atoms with E-state index in [0.717, 1.165) is 4.47 Å². The molecule has 8 nitrogen and oxygen atoms in total. The van der Waals surface area contributed by atoms with Crippen LogP contribution >= 0.6 is 31.9 Å². The fourth-order valence-electron chi connectivity index (χ4n) is 3.36. The molecule has 0 unspecified atom stereocenters. The van der Waals surface area contributed by atoms with Gasteiger partial charge in [0.25, 0.3) is 5.56 Å². The molecule has 0 bridgehead atoms. The van der Waals surface area contributed by atoms with Crippen molar-refractivity contribution < 1.29 is 14.1 Å². The molecule has 11 heteroatoms. The fourth-order valence-corrected chi connectivity index (χ4v) is 4.30. The molecule has 0 spiro atoms. The van der Waals surface area contributed by atoms with Crippen molar-refractivity contribution in [1.29, 1.82) is 0 Å². The molecular weight excluding hydrogens is 587 g/mol. The van der Waals surface area contributed by atoms with Gasteiger partial charge in [-0.1, -0.05) is 35.0 Å². The monoisotopic (exact) mass is 602 g/mol. The molecule has 0 saturated heterocycles. The topological polar surface area (TPSA) is 99.6 Å². The molecule has 0 amide bonds. The summed E-state index contributed by atoms with van der Waals surface area (Å²) in [6.45, 7) is 1.87. The lowest BCUT2D eigenvalue weighted by Crippen LogP contribution is -2.22. The number of fused-ring (bicyclic) bond motifs is 1. The van der Waals surface area contributed by atoms with Crippen molar-refractivity contribution in [2.45, 2.75) is 20.0 Å². The lowest BCUT2D eigenvalue weighted by atomic mass is 10.2. The van der Waals surface area contributed by atoms with Crippen LogP contribution in [0.1, 0.15) is 23.9 Å². The Hall–Kier alpha value is -3.44.